The van der Waals surface area contributed by atoms with Crippen LogP contribution in [0.4, 0.5) is 14.9 Å². The van der Waals surface area contributed by atoms with Crippen LogP contribution in [0.3, 0.4) is 0 Å². The number of thioether (sulfide) groups is 1. The molecule has 0 aliphatic carbocycles. The molecule has 0 bridgehead atoms. The lowest BCUT2D eigenvalue weighted by Crippen LogP contribution is -2.45. The minimum absolute atomic E-state index is 0.0881. The van der Waals surface area contributed by atoms with E-state index in [1.54, 1.807) is 43.1 Å². The second kappa shape index (κ2) is 9.51. The van der Waals surface area contributed by atoms with Crippen LogP contribution in [0.1, 0.15) is 17.2 Å². The van der Waals surface area contributed by atoms with Gasteiger partial charge in [0.05, 0.1) is 26.0 Å². The molecule has 1 heterocycles. The normalized spacial score (nSPS) is 15.9. The number of carbonyl (C=O) groups excluding carboxylic acids is 1. The maximum atomic E-state index is 13.1. The molecular weight excluding hydrogens is 395 g/mol. The van der Waals surface area contributed by atoms with Gasteiger partial charge in [0, 0.05) is 17.5 Å². The fraction of sp³-hybridized carbons (Fsp3) is 0.300. The highest BCUT2D eigenvalue weighted by Crippen LogP contribution is 2.32. The van der Waals surface area contributed by atoms with E-state index in [1.165, 1.54) is 19.2 Å². The summed E-state index contributed by atoms with van der Waals surface area (Å²) in [6.07, 6.45) is 0. The molecule has 9 heteroatoms. The van der Waals surface area contributed by atoms with Gasteiger partial charge in [-0.3, -0.25) is 15.8 Å². The fourth-order valence-corrected chi connectivity index (χ4v) is 3.80. The Balaban J connectivity index is 1.61. The van der Waals surface area contributed by atoms with Gasteiger partial charge in [0.1, 0.15) is 11.7 Å². The molecule has 1 atom stereocenters. The minimum Gasteiger partial charge on any atom is -0.493 e. The number of urea groups is 1. The van der Waals surface area contributed by atoms with Gasteiger partial charge in [0.25, 0.3) is 0 Å². The molecule has 0 aromatic heterocycles. The van der Waals surface area contributed by atoms with Crippen LogP contribution >= 0.6 is 11.8 Å². The molecule has 3 rings (SSSR count). The number of hydrazine groups is 1. The lowest BCUT2D eigenvalue weighted by Gasteiger charge is -2.22. The molecule has 2 aromatic rings. The Morgan fingerprint density at radius 3 is 2.55 bits per heavy atom. The van der Waals surface area contributed by atoms with Crippen molar-refractivity contribution in [3.05, 3.63) is 53.3 Å². The second-order valence-electron chi connectivity index (χ2n) is 6.38. The van der Waals surface area contributed by atoms with E-state index in [-0.39, 0.29) is 11.9 Å². The molecule has 0 saturated heterocycles. The predicted octanol–water partition coefficient (Wildman–Crippen LogP) is 3.66. The Hall–Kier alpha value is -2.94. The van der Waals surface area contributed by atoms with Gasteiger partial charge in [-0.15, -0.1) is 0 Å². The van der Waals surface area contributed by atoms with Crippen LogP contribution in [0.5, 0.6) is 11.5 Å². The Labute approximate surface area is 173 Å². The van der Waals surface area contributed by atoms with E-state index >= 15 is 0 Å². The summed E-state index contributed by atoms with van der Waals surface area (Å²) in [5, 5.41) is 2.77. The van der Waals surface area contributed by atoms with Gasteiger partial charge in [-0.1, -0.05) is 12.1 Å². The smallest absolute Gasteiger partial charge is 0.337 e. The van der Waals surface area contributed by atoms with Crippen LogP contribution in [0.15, 0.2) is 41.4 Å². The SMILES string of the molecule is COc1cc(C)c(NC(=O)NNC2=NC(c3ccc(F)cc3)CSC2)cc1OC. The summed E-state index contributed by atoms with van der Waals surface area (Å²) in [5.74, 6) is 2.94. The first-order valence-electron chi connectivity index (χ1n) is 8.95. The third-order valence-electron chi connectivity index (χ3n) is 4.38. The van der Waals surface area contributed by atoms with Crippen molar-refractivity contribution in [1.29, 1.82) is 0 Å². The van der Waals surface area contributed by atoms with Crippen molar-refractivity contribution in [3.8, 4) is 11.5 Å². The molecule has 0 fully saturated rings. The molecule has 0 spiro atoms. The molecule has 2 aromatic carbocycles. The van der Waals surface area contributed by atoms with Crippen molar-refractivity contribution in [2.75, 3.05) is 31.0 Å². The highest BCUT2D eigenvalue weighted by Gasteiger charge is 2.18. The Kier molecular flexibility index (Phi) is 6.82. The van der Waals surface area contributed by atoms with Gasteiger partial charge in [-0.2, -0.15) is 11.8 Å². The average Bonchev–Trinajstić information content (AvgIpc) is 2.74. The predicted molar refractivity (Wildman–Crippen MR) is 113 cm³/mol. The van der Waals surface area contributed by atoms with E-state index in [2.05, 4.69) is 21.2 Å². The summed E-state index contributed by atoms with van der Waals surface area (Å²) in [7, 11) is 3.10. The van der Waals surface area contributed by atoms with Crippen molar-refractivity contribution in [1.82, 2.24) is 10.9 Å². The summed E-state index contributed by atoms with van der Waals surface area (Å²) in [5.41, 5.74) is 7.83. The Morgan fingerprint density at radius 1 is 1.17 bits per heavy atom. The number of halogens is 1. The number of ether oxygens (including phenoxy) is 2. The quantitative estimate of drug-likeness (QED) is 0.660. The number of nitrogens with one attached hydrogen (secondary N) is 3. The van der Waals surface area contributed by atoms with Crippen molar-refractivity contribution >= 4 is 29.3 Å². The summed E-state index contributed by atoms with van der Waals surface area (Å²) in [4.78, 5) is 16.9. The van der Waals surface area contributed by atoms with Crippen LogP contribution in [-0.2, 0) is 0 Å². The standard InChI is InChI=1S/C20H23FN4O3S/c1-12-8-17(27-2)18(28-3)9-15(12)23-20(26)25-24-19-11-29-10-16(22-19)13-4-6-14(21)7-5-13/h4-9,16H,10-11H2,1-3H3,(H,22,24)(H2,23,25,26). The maximum absolute atomic E-state index is 13.1. The molecule has 1 aliphatic heterocycles. The molecule has 0 saturated carbocycles. The number of methoxy groups -OCH3 is 2. The molecule has 154 valence electrons. The van der Waals surface area contributed by atoms with E-state index in [0.717, 1.165) is 16.9 Å². The third kappa shape index (κ3) is 5.32. The van der Waals surface area contributed by atoms with Crippen molar-refractivity contribution in [3.63, 3.8) is 0 Å². The van der Waals surface area contributed by atoms with E-state index in [0.29, 0.717) is 28.8 Å². The summed E-state index contributed by atoms with van der Waals surface area (Å²) < 4.78 is 23.6. The lowest BCUT2D eigenvalue weighted by molar-refractivity contribution is 0.250. The third-order valence-corrected chi connectivity index (χ3v) is 5.41. The first-order chi connectivity index (χ1) is 14.0. The zero-order valence-corrected chi connectivity index (χ0v) is 17.2. The molecule has 0 radical (unpaired) electrons. The number of aliphatic imine (C=N–C) groups is 1. The van der Waals surface area contributed by atoms with Gasteiger partial charge in [0.15, 0.2) is 11.5 Å². The number of nitrogens with zero attached hydrogens (tertiary/aromatic N) is 1. The van der Waals surface area contributed by atoms with Crippen LogP contribution < -0.4 is 25.6 Å². The highest BCUT2D eigenvalue weighted by atomic mass is 32.2. The fourth-order valence-electron chi connectivity index (χ4n) is 2.85. The van der Waals surface area contributed by atoms with Gasteiger partial charge in [0.2, 0.25) is 0 Å². The lowest BCUT2D eigenvalue weighted by atomic mass is 10.1. The Bertz CT molecular complexity index is 905. The first-order valence-corrected chi connectivity index (χ1v) is 10.1. The maximum Gasteiger partial charge on any atom is 0.337 e. The van der Waals surface area contributed by atoms with E-state index in [4.69, 9.17) is 9.47 Å². The van der Waals surface area contributed by atoms with Gasteiger partial charge in [-0.25, -0.2) is 9.18 Å². The highest BCUT2D eigenvalue weighted by molar-refractivity contribution is 8.00. The molecule has 7 nitrogen and oxygen atoms in total. The van der Waals surface area contributed by atoms with E-state index in [1.807, 2.05) is 6.92 Å². The monoisotopic (exact) mass is 418 g/mol. The number of rotatable bonds is 4. The van der Waals surface area contributed by atoms with Crippen molar-refractivity contribution in [2.45, 2.75) is 13.0 Å². The molecule has 3 N–H and O–H groups in total. The molecular formula is C20H23FN4O3S. The van der Waals surface area contributed by atoms with Gasteiger partial charge < -0.3 is 14.8 Å². The van der Waals surface area contributed by atoms with Crippen LogP contribution in [0.2, 0.25) is 0 Å². The number of anilines is 1. The number of carbonyl (C=O) groups is 1. The van der Waals surface area contributed by atoms with Gasteiger partial charge >= 0.3 is 6.03 Å². The van der Waals surface area contributed by atoms with Crippen molar-refractivity contribution in [2.24, 2.45) is 4.99 Å². The Morgan fingerprint density at radius 2 is 1.86 bits per heavy atom. The summed E-state index contributed by atoms with van der Waals surface area (Å²) in [6, 6.07) is 9.28. The first kappa shape index (κ1) is 20.8. The summed E-state index contributed by atoms with van der Waals surface area (Å²) >= 11 is 1.69. The number of benzene rings is 2. The number of amidine groups is 1. The molecule has 1 aliphatic rings. The summed E-state index contributed by atoms with van der Waals surface area (Å²) in [6.45, 7) is 1.86. The number of hydrogen-bond acceptors (Lipinski definition) is 6. The number of amides is 2. The van der Waals surface area contributed by atoms with Crippen LogP contribution in [-0.4, -0.2) is 37.6 Å². The molecule has 29 heavy (non-hydrogen) atoms. The molecule has 1 unspecified atom stereocenters. The van der Waals surface area contributed by atoms with Gasteiger partial charge in [-0.05, 0) is 36.2 Å². The number of hydrogen-bond donors (Lipinski definition) is 3. The van der Waals surface area contributed by atoms with E-state index < -0.39 is 6.03 Å². The zero-order valence-electron chi connectivity index (χ0n) is 16.4. The zero-order chi connectivity index (χ0) is 20.8. The van der Waals surface area contributed by atoms with Crippen LogP contribution in [0, 0.1) is 12.7 Å². The minimum atomic E-state index is -0.433. The second-order valence-corrected chi connectivity index (χ2v) is 7.41. The largest absolute Gasteiger partial charge is 0.493 e. The topological polar surface area (TPSA) is 84.0 Å². The average molecular weight is 418 g/mol. The van der Waals surface area contributed by atoms with E-state index in [9.17, 15) is 9.18 Å². The molecule has 2 amide bonds. The van der Waals surface area contributed by atoms with Crippen molar-refractivity contribution < 1.29 is 18.7 Å². The van der Waals surface area contributed by atoms with Crippen LogP contribution in [0.25, 0.3) is 0 Å². The number of aryl methyl sites for hydroxylation is 1.